The lowest BCUT2D eigenvalue weighted by atomic mass is 10.2. The van der Waals surface area contributed by atoms with Crippen molar-refractivity contribution in [2.24, 2.45) is 5.73 Å². The highest BCUT2D eigenvalue weighted by Crippen LogP contribution is 2.00. The second kappa shape index (κ2) is 4.99. The van der Waals surface area contributed by atoms with E-state index in [1.807, 2.05) is 19.9 Å². The van der Waals surface area contributed by atoms with Crippen LogP contribution in [0.3, 0.4) is 0 Å². The Morgan fingerprint density at radius 2 is 2.46 bits per heavy atom. The van der Waals surface area contributed by atoms with Crippen LogP contribution >= 0.6 is 0 Å². The minimum absolute atomic E-state index is 0.256. The molecule has 3 N–H and O–H groups in total. The Kier molecular flexibility index (Phi) is 3.92. The first-order valence-electron chi connectivity index (χ1n) is 4.57. The lowest BCUT2D eigenvalue weighted by Crippen LogP contribution is -2.23. The first kappa shape index (κ1) is 10.2. The molecule has 0 saturated heterocycles. The van der Waals surface area contributed by atoms with E-state index in [4.69, 9.17) is 10.3 Å². The van der Waals surface area contributed by atoms with Crippen molar-refractivity contribution < 1.29 is 4.52 Å². The monoisotopic (exact) mass is 183 g/mol. The van der Waals surface area contributed by atoms with E-state index in [1.165, 1.54) is 0 Å². The normalized spacial score (nSPS) is 13.2. The SMILES string of the molecule is Cc1cc(CNCCC(C)N)no1. The van der Waals surface area contributed by atoms with Gasteiger partial charge in [-0.25, -0.2) is 0 Å². The summed E-state index contributed by atoms with van der Waals surface area (Å²) in [5, 5.41) is 7.11. The van der Waals surface area contributed by atoms with Crippen molar-refractivity contribution in [2.45, 2.75) is 32.9 Å². The van der Waals surface area contributed by atoms with E-state index in [-0.39, 0.29) is 6.04 Å². The van der Waals surface area contributed by atoms with E-state index in [2.05, 4.69) is 10.5 Å². The number of aromatic nitrogens is 1. The van der Waals surface area contributed by atoms with E-state index < -0.39 is 0 Å². The third kappa shape index (κ3) is 4.05. The zero-order valence-electron chi connectivity index (χ0n) is 8.21. The largest absolute Gasteiger partial charge is 0.361 e. The minimum Gasteiger partial charge on any atom is -0.361 e. The summed E-state index contributed by atoms with van der Waals surface area (Å²) in [5.74, 6) is 0.851. The summed E-state index contributed by atoms with van der Waals surface area (Å²) < 4.78 is 4.93. The van der Waals surface area contributed by atoms with Gasteiger partial charge in [0, 0.05) is 18.7 Å². The number of rotatable bonds is 5. The van der Waals surface area contributed by atoms with Gasteiger partial charge >= 0.3 is 0 Å². The average molecular weight is 183 g/mol. The fourth-order valence-electron chi connectivity index (χ4n) is 1.05. The van der Waals surface area contributed by atoms with Crippen molar-refractivity contribution in [1.29, 1.82) is 0 Å². The molecule has 1 atom stereocenters. The van der Waals surface area contributed by atoms with E-state index in [9.17, 15) is 0 Å². The third-order valence-electron chi connectivity index (χ3n) is 1.76. The lowest BCUT2D eigenvalue weighted by Gasteiger charge is -2.04. The van der Waals surface area contributed by atoms with Gasteiger partial charge in [0.2, 0.25) is 0 Å². The van der Waals surface area contributed by atoms with Gasteiger partial charge in [0.1, 0.15) is 5.76 Å². The summed E-state index contributed by atoms with van der Waals surface area (Å²) in [6, 6.07) is 2.19. The zero-order chi connectivity index (χ0) is 9.68. The summed E-state index contributed by atoms with van der Waals surface area (Å²) in [6.07, 6.45) is 0.983. The van der Waals surface area contributed by atoms with E-state index in [1.54, 1.807) is 0 Å². The molecule has 0 spiro atoms. The molecule has 1 heterocycles. The Morgan fingerprint density at radius 3 is 3.00 bits per heavy atom. The molecule has 0 aliphatic heterocycles. The molecule has 0 fully saturated rings. The molecule has 4 heteroatoms. The van der Waals surface area contributed by atoms with Crippen LogP contribution in [0.25, 0.3) is 0 Å². The fourth-order valence-corrected chi connectivity index (χ4v) is 1.05. The molecule has 0 aliphatic rings. The Labute approximate surface area is 78.5 Å². The number of aryl methyl sites for hydroxylation is 1. The van der Waals surface area contributed by atoms with Crippen molar-refractivity contribution in [3.8, 4) is 0 Å². The molecule has 1 unspecified atom stereocenters. The maximum atomic E-state index is 5.60. The van der Waals surface area contributed by atoms with Gasteiger partial charge < -0.3 is 15.6 Å². The number of nitrogens with one attached hydrogen (secondary N) is 1. The Hall–Kier alpha value is -0.870. The van der Waals surface area contributed by atoms with Crippen LogP contribution in [0.1, 0.15) is 24.8 Å². The Balaban J connectivity index is 2.13. The van der Waals surface area contributed by atoms with Gasteiger partial charge in [-0.3, -0.25) is 0 Å². The quantitative estimate of drug-likeness (QED) is 0.663. The van der Waals surface area contributed by atoms with E-state index >= 15 is 0 Å². The number of hydrogen-bond donors (Lipinski definition) is 2. The molecule has 4 nitrogen and oxygen atoms in total. The highest BCUT2D eigenvalue weighted by atomic mass is 16.5. The Bertz CT molecular complexity index is 245. The summed E-state index contributed by atoms with van der Waals surface area (Å²) in [7, 11) is 0. The highest BCUT2D eigenvalue weighted by molar-refractivity contribution is 5.02. The van der Waals surface area contributed by atoms with Gasteiger partial charge in [-0.15, -0.1) is 0 Å². The van der Waals surface area contributed by atoms with Crippen LogP contribution in [0.2, 0.25) is 0 Å². The number of nitrogens with zero attached hydrogens (tertiary/aromatic N) is 1. The first-order chi connectivity index (χ1) is 6.18. The van der Waals surface area contributed by atoms with Crippen LogP contribution in [-0.4, -0.2) is 17.7 Å². The van der Waals surface area contributed by atoms with Gasteiger partial charge in [-0.2, -0.15) is 0 Å². The molecule has 0 bridgehead atoms. The van der Waals surface area contributed by atoms with Gasteiger partial charge in [-0.1, -0.05) is 5.16 Å². The topological polar surface area (TPSA) is 64.1 Å². The molecule has 0 saturated carbocycles. The zero-order valence-corrected chi connectivity index (χ0v) is 8.21. The molecule has 0 radical (unpaired) electrons. The van der Waals surface area contributed by atoms with Crippen LogP contribution in [0.5, 0.6) is 0 Å². The number of hydrogen-bond acceptors (Lipinski definition) is 4. The maximum absolute atomic E-state index is 5.60. The van der Waals surface area contributed by atoms with Crippen LogP contribution in [0.4, 0.5) is 0 Å². The lowest BCUT2D eigenvalue weighted by molar-refractivity contribution is 0.388. The summed E-state index contributed by atoms with van der Waals surface area (Å²) >= 11 is 0. The molecule has 0 amide bonds. The molecule has 74 valence electrons. The molecule has 1 aromatic heterocycles. The van der Waals surface area contributed by atoms with E-state index in [0.29, 0.717) is 0 Å². The summed E-state index contributed by atoms with van der Waals surface area (Å²) in [4.78, 5) is 0. The van der Waals surface area contributed by atoms with Gasteiger partial charge in [0.15, 0.2) is 0 Å². The molecule has 13 heavy (non-hydrogen) atoms. The minimum atomic E-state index is 0.256. The summed E-state index contributed by atoms with van der Waals surface area (Å²) in [6.45, 7) is 5.56. The van der Waals surface area contributed by atoms with E-state index in [0.717, 1.165) is 31.0 Å². The van der Waals surface area contributed by atoms with Crippen LogP contribution < -0.4 is 11.1 Å². The van der Waals surface area contributed by atoms with Crippen molar-refractivity contribution in [1.82, 2.24) is 10.5 Å². The van der Waals surface area contributed by atoms with Crippen molar-refractivity contribution in [3.63, 3.8) is 0 Å². The maximum Gasteiger partial charge on any atom is 0.133 e. The Morgan fingerprint density at radius 1 is 1.69 bits per heavy atom. The second-order valence-corrected chi connectivity index (χ2v) is 3.37. The third-order valence-corrected chi connectivity index (χ3v) is 1.76. The molecule has 0 aromatic carbocycles. The van der Waals surface area contributed by atoms with Crippen LogP contribution in [-0.2, 0) is 6.54 Å². The van der Waals surface area contributed by atoms with Gasteiger partial charge in [-0.05, 0) is 26.8 Å². The predicted molar refractivity (Wildman–Crippen MR) is 51.2 cm³/mol. The van der Waals surface area contributed by atoms with Crippen molar-refractivity contribution in [2.75, 3.05) is 6.54 Å². The van der Waals surface area contributed by atoms with Crippen LogP contribution in [0, 0.1) is 6.92 Å². The fraction of sp³-hybridized carbons (Fsp3) is 0.667. The molecular formula is C9H17N3O. The smallest absolute Gasteiger partial charge is 0.133 e. The second-order valence-electron chi connectivity index (χ2n) is 3.37. The standard InChI is InChI=1S/C9H17N3O/c1-7(10)3-4-11-6-9-5-8(2)13-12-9/h5,7,11H,3-4,6,10H2,1-2H3. The van der Waals surface area contributed by atoms with Crippen molar-refractivity contribution >= 4 is 0 Å². The first-order valence-corrected chi connectivity index (χ1v) is 4.57. The van der Waals surface area contributed by atoms with Gasteiger partial charge in [0.05, 0.1) is 5.69 Å². The average Bonchev–Trinajstić information content (AvgIpc) is 2.45. The predicted octanol–water partition coefficient (Wildman–Crippen LogP) is 0.810. The highest BCUT2D eigenvalue weighted by Gasteiger charge is 1.99. The van der Waals surface area contributed by atoms with Crippen LogP contribution in [0.15, 0.2) is 10.6 Å². The van der Waals surface area contributed by atoms with Gasteiger partial charge in [0.25, 0.3) is 0 Å². The number of nitrogens with two attached hydrogens (primary N) is 1. The molecular weight excluding hydrogens is 166 g/mol. The molecule has 1 aromatic rings. The van der Waals surface area contributed by atoms with Crippen molar-refractivity contribution in [3.05, 3.63) is 17.5 Å². The molecule has 1 rings (SSSR count). The summed E-state index contributed by atoms with van der Waals surface area (Å²) in [5.41, 5.74) is 6.55. The molecule has 0 aliphatic carbocycles.